The van der Waals surface area contributed by atoms with E-state index in [9.17, 15) is 18.4 Å². The lowest BCUT2D eigenvalue weighted by molar-refractivity contribution is -0.141. The maximum Gasteiger partial charge on any atom is 0.315 e. The molecular weight excluding hydrogens is 500 g/mol. The molecule has 3 amide bonds. The SMILES string of the molecule is Cc1ccc(CNC(=O)NCc2ccc(CN3C(=O)[C@@](C)(Cc4cc(F)cc(F)c4)NC4NC43)cc2)cc1C. The lowest BCUT2D eigenvalue weighted by Crippen LogP contribution is -2.63. The number of carbonyl (C=O) groups excluding carboxylic acids is 2. The fraction of sp³-hybridized carbons (Fsp3) is 0.333. The predicted molar refractivity (Wildman–Crippen MR) is 144 cm³/mol. The van der Waals surface area contributed by atoms with Crippen LogP contribution >= 0.6 is 0 Å². The summed E-state index contributed by atoms with van der Waals surface area (Å²) in [5.41, 5.74) is 4.76. The average Bonchev–Trinajstić information content (AvgIpc) is 3.64. The second-order valence-electron chi connectivity index (χ2n) is 10.7. The molecule has 9 heteroatoms. The molecule has 2 unspecified atom stereocenters. The normalized spacial score (nSPS) is 21.9. The van der Waals surface area contributed by atoms with Crippen molar-refractivity contribution in [3.8, 4) is 0 Å². The first kappa shape index (κ1) is 26.8. The van der Waals surface area contributed by atoms with Crippen molar-refractivity contribution in [1.29, 1.82) is 0 Å². The molecule has 2 aliphatic heterocycles. The zero-order valence-electron chi connectivity index (χ0n) is 22.3. The Morgan fingerprint density at radius 1 is 0.872 bits per heavy atom. The number of rotatable bonds is 8. The van der Waals surface area contributed by atoms with E-state index < -0.39 is 17.2 Å². The number of urea groups is 1. The molecule has 204 valence electrons. The molecule has 4 N–H and O–H groups in total. The van der Waals surface area contributed by atoms with Crippen LogP contribution in [0, 0.1) is 25.5 Å². The number of nitrogens with zero attached hydrogens (tertiary/aromatic N) is 1. The van der Waals surface area contributed by atoms with Gasteiger partial charge in [-0.25, -0.2) is 13.6 Å². The van der Waals surface area contributed by atoms with E-state index in [1.54, 1.807) is 11.8 Å². The summed E-state index contributed by atoms with van der Waals surface area (Å²) in [6.07, 6.45) is -0.0351. The highest BCUT2D eigenvalue weighted by atomic mass is 19.1. The van der Waals surface area contributed by atoms with Gasteiger partial charge in [-0.3, -0.25) is 15.4 Å². The number of halogens is 2. The summed E-state index contributed by atoms with van der Waals surface area (Å²) in [5.74, 6) is -1.46. The summed E-state index contributed by atoms with van der Waals surface area (Å²) in [6.45, 7) is 7.09. The minimum absolute atomic E-state index is 0.0723. The van der Waals surface area contributed by atoms with Gasteiger partial charge in [0.05, 0.1) is 6.17 Å². The predicted octanol–water partition coefficient (Wildman–Crippen LogP) is 3.77. The number of carbonyl (C=O) groups is 2. The van der Waals surface area contributed by atoms with Crippen LogP contribution in [0.2, 0.25) is 0 Å². The zero-order chi connectivity index (χ0) is 27.7. The highest BCUT2D eigenvalue weighted by molar-refractivity contribution is 5.88. The van der Waals surface area contributed by atoms with Crippen LogP contribution in [-0.4, -0.2) is 34.7 Å². The molecule has 5 rings (SSSR count). The number of amides is 3. The molecule has 39 heavy (non-hydrogen) atoms. The van der Waals surface area contributed by atoms with Gasteiger partial charge in [-0.2, -0.15) is 0 Å². The standard InChI is InChI=1S/C30H33F2N5O2/c1-18-4-5-22(10-19(18)2)16-34-29(39)33-15-20-6-8-21(9-7-20)17-37-27-26(35-27)36-30(3,28(37)38)14-23-11-24(31)13-25(32)12-23/h4-13,26-27,35-36H,14-17H2,1-3H3,(H2,33,34,39)/t26?,27?,30-/m1/s1. The number of fused-ring (bicyclic) bond motifs is 1. The van der Waals surface area contributed by atoms with E-state index in [-0.39, 0.29) is 30.7 Å². The van der Waals surface area contributed by atoms with Gasteiger partial charge in [-0.15, -0.1) is 0 Å². The van der Waals surface area contributed by atoms with Crippen LogP contribution < -0.4 is 21.3 Å². The van der Waals surface area contributed by atoms with Crippen LogP contribution in [0.15, 0.2) is 60.7 Å². The maximum atomic E-state index is 13.7. The summed E-state index contributed by atoms with van der Waals surface area (Å²) < 4.78 is 27.4. The van der Waals surface area contributed by atoms with Crippen LogP contribution in [0.1, 0.15) is 40.3 Å². The third kappa shape index (κ3) is 6.26. The van der Waals surface area contributed by atoms with Gasteiger partial charge in [0.15, 0.2) is 0 Å². The molecule has 3 atom stereocenters. The van der Waals surface area contributed by atoms with Crippen LogP contribution in [0.4, 0.5) is 13.6 Å². The van der Waals surface area contributed by atoms with Crippen molar-refractivity contribution in [3.63, 3.8) is 0 Å². The molecule has 2 aliphatic rings. The first-order valence-corrected chi connectivity index (χ1v) is 13.0. The summed E-state index contributed by atoms with van der Waals surface area (Å²) in [5, 5.41) is 12.3. The number of piperazine rings is 1. The first-order chi connectivity index (χ1) is 18.6. The van der Waals surface area contributed by atoms with Crippen molar-refractivity contribution >= 4 is 11.9 Å². The monoisotopic (exact) mass is 533 g/mol. The number of hydrogen-bond acceptors (Lipinski definition) is 4. The first-order valence-electron chi connectivity index (χ1n) is 13.0. The quantitative estimate of drug-likeness (QED) is 0.332. The minimum Gasteiger partial charge on any atom is -0.334 e. The Bertz CT molecular complexity index is 1380. The van der Waals surface area contributed by atoms with E-state index in [4.69, 9.17) is 0 Å². The number of aryl methyl sites for hydroxylation is 2. The Kier molecular flexibility index (Phi) is 7.38. The number of benzene rings is 3. The van der Waals surface area contributed by atoms with Gasteiger partial charge in [0.1, 0.15) is 23.3 Å². The molecule has 0 bridgehead atoms. The van der Waals surface area contributed by atoms with Gasteiger partial charge in [0, 0.05) is 25.7 Å². The Hall–Kier alpha value is -3.82. The molecule has 7 nitrogen and oxygen atoms in total. The summed E-state index contributed by atoms with van der Waals surface area (Å²) in [7, 11) is 0. The van der Waals surface area contributed by atoms with Crippen molar-refractivity contribution in [2.75, 3.05) is 0 Å². The lowest BCUT2D eigenvalue weighted by atomic mass is 9.89. The molecule has 0 aliphatic carbocycles. The van der Waals surface area contributed by atoms with Crippen molar-refractivity contribution in [1.82, 2.24) is 26.2 Å². The lowest BCUT2D eigenvalue weighted by Gasteiger charge is -2.39. The average molecular weight is 534 g/mol. The van der Waals surface area contributed by atoms with Crippen molar-refractivity contribution in [3.05, 3.63) is 106 Å². The molecule has 3 aromatic carbocycles. The van der Waals surface area contributed by atoms with E-state index in [1.165, 1.54) is 23.3 Å². The van der Waals surface area contributed by atoms with E-state index in [2.05, 4.69) is 34.3 Å². The molecule has 2 saturated heterocycles. The van der Waals surface area contributed by atoms with Gasteiger partial charge in [-0.1, -0.05) is 42.5 Å². The van der Waals surface area contributed by atoms with Gasteiger partial charge in [0.25, 0.3) is 0 Å². The van der Waals surface area contributed by atoms with Crippen LogP contribution in [0.3, 0.4) is 0 Å². The van der Waals surface area contributed by atoms with Crippen molar-refractivity contribution < 1.29 is 18.4 Å². The smallest absolute Gasteiger partial charge is 0.315 e. The Morgan fingerprint density at radius 2 is 1.49 bits per heavy atom. The van der Waals surface area contributed by atoms with Crippen LogP contribution in [-0.2, 0) is 30.8 Å². The molecular formula is C30H33F2N5O2. The van der Waals surface area contributed by atoms with E-state index >= 15 is 0 Å². The third-order valence-corrected chi connectivity index (χ3v) is 7.43. The molecule has 0 spiro atoms. The minimum atomic E-state index is -1.00. The Morgan fingerprint density at radius 3 is 2.15 bits per heavy atom. The molecule has 0 radical (unpaired) electrons. The fourth-order valence-electron chi connectivity index (χ4n) is 5.09. The van der Waals surface area contributed by atoms with Crippen LogP contribution in [0.5, 0.6) is 0 Å². The van der Waals surface area contributed by atoms with Gasteiger partial charge in [-0.05, 0) is 72.7 Å². The van der Waals surface area contributed by atoms with Crippen molar-refractivity contribution in [2.24, 2.45) is 0 Å². The fourth-order valence-corrected chi connectivity index (χ4v) is 5.09. The Labute approximate surface area is 227 Å². The summed E-state index contributed by atoms with van der Waals surface area (Å²) >= 11 is 0. The highest BCUT2D eigenvalue weighted by Gasteiger charge is 2.55. The van der Waals surface area contributed by atoms with Gasteiger partial charge < -0.3 is 15.5 Å². The summed E-state index contributed by atoms with van der Waals surface area (Å²) in [6, 6.07) is 17.0. The number of hydrogen-bond donors (Lipinski definition) is 4. The van der Waals surface area contributed by atoms with E-state index in [1.807, 2.05) is 43.3 Å². The number of nitrogens with one attached hydrogen (secondary N) is 4. The largest absolute Gasteiger partial charge is 0.334 e. The maximum absolute atomic E-state index is 13.7. The van der Waals surface area contributed by atoms with Crippen LogP contribution in [0.25, 0.3) is 0 Å². The highest BCUT2D eigenvalue weighted by Crippen LogP contribution is 2.31. The second-order valence-corrected chi connectivity index (χ2v) is 10.7. The molecule has 0 saturated carbocycles. The second kappa shape index (κ2) is 10.7. The molecule has 3 aromatic rings. The summed E-state index contributed by atoms with van der Waals surface area (Å²) in [4.78, 5) is 27.5. The molecule has 2 heterocycles. The van der Waals surface area contributed by atoms with Crippen molar-refractivity contribution in [2.45, 2.75) is 64.7 Å². The Balaban J connectivity index is 1.15. The van der Waals surface area contributed by atoms with Gasteiger partial charge >= 0.3 is 6.03 Å². The third-order valence-electron chi connectivity index (χ3n) is 7.43. The molecule has 2 fully saturated rings. The molecule has 0 aromatic heterocycles. The van der Waals surface area contributed by atoms with E-state index in [0.717, 1.165) is 22.8 Å². The van der Waals surface area contributed by atoms with E-state index in [0.29, 0.717) is 25.2 Å². The zero-order valence-corrected chi connectivity index (χ0v) is 22.3. The topological polar surface area (TPSA) is 95.4 Å². The van der Waals surface area contributed by atoms with Gasteiger partial charge in [0.2, 0.25) is 5.91 Å².